The molecule has 0 bridgehead atoms. The molecule has 0 aliphatic heterocycles. The molecule has 0 fully saturated rings. The van der Waals surface area contributed by atoms with Crippen LogP contribution < -0.4 is 11.5 Å². The van der Waals surface area contributed by atoms with Crippen LogP contribution in [0.3, 0.4) is 0 Å². The average Bonchev–Trinajstić information content (AvgIpc) is 3.52. The van der Waals surface area contributed by atoms with Gasteiger partial charge in [0.05, 0.1) is 22.1 Å². The van der Waals surface area contributed by atoms with Crippen LogP contribution >= 0.6 is 23.5 Å². The van der Waals surface area contributed by atoms with Gasteiger partial charge in [0.2, 0.25) is 0 Å². The summed E-state index contributed by atoms with van der Waals surface area (Å²) in [6.07, 6.45) is 10.9. The number of rotatable bonds is 4. The summed E-state index contributed by atoms with van der Waals surface area (Å²) >= 11 is 3.02. The van der Waals surface area contributed by atoms with Gasteiger partial charge in [-0.3, -0.25) is 9.13 Å². The van der Waals surface area contributed by atoms with Crippen LogP contribution in [0.25, 0.3) is 33.7 Å². The first-order chi connectivity index (χ1) is 17.6. The highest BCUT2D eigenvalue weighted by Crippen LogP contribution is 2.21. The maximum Gasteiger partial charge on any atom is 0.189 e. The minimum atomic E-state index is 0.709. The number of hydrogen-bond donors (Lipinski definition) is 2. The van der Waals surface area contributed by atoms with Crippen molar-refractivity contribution in [3.63, 3.8) is 0 Å². The van der Waals surface area contributed by atoms with E-state index in [-0.39, 0.29) is 0 Å². The summed E-state index contributed by atoms with van der Waals surface area (Å²) in [6, 6.07) is 15.0. The highest BCUT2D eigenvalue weighted by atomic mass is 32.2. The molecule has 4 N–H and O–H groups in total. The second-order valence-electron chi connectivity index (χ2n) is 7.53. The fourth-order valence-electron chi connectivity index (χ4n) is 3.55. The van der Waals surface area contributed by atoms with Crippen LogP contribution in [0.5, 0.6) is 0 Å². The SMILES string of the molecule is CSc1nccc(-n2cnc3cc(N)ccc32)n1.CSc1nccc(-n2cnc3ccc(N)cc32)n1. The number of fused-ring (bicyclic) bond motifs is 2. The van der Waals surface area contributed by atoms with Gasteiger partial charge in [0.15, 0.2) is 10.3 Å². The number of nitrogens with two attached hydrogens (primary N) is 2. The standard InChI is InChI=1S/2C12H11N5S/c1-18-12-14-5-4-11(16-12)17-7-15-9-6-8(13)2-3-10(9)17;1-18-12-14-5-4-11(16-12)17-7-15-9-3-2-8(13)6-10(9)17/h2*2-7H,13H2,1H3. The van der Waals surface area contributed by atoms with E-state index in [9.17, 15) is 0 Å². The Hall–Kier alpha value is -4.16. The van der Waals surface area contributed by atoms with Crippen LogP contribution in [0.1, 0.15) is 0 Å². The minimum Gasteiger partial charge on any atom is -0.399 e. The molecule has 0 saturated heterocycles. The van der Waals surface area contributed by atoms with Gasteiger partial charge in [-0.1, -0.05) is 23.5 Å². The van der Waals surface area contributed by atoms with Gasteiger partial charge in [-0.2, -0.15) is 0 Å². The molecule has 0 aliphatic carbocycles. The molecule has 6 rings (SSSR count). The predicted molar refractivity (Wildman–Crippen MR) is 146 cm³/mol. The third-order valence-electron chi connectivity index (χ3n) is 5.24. The highest BCUT2D eigenvalue weighted by molar-refractivity contribution is 7.98. The van der Waals surface area contributed by atoms with Gasteiger partial charge >= 0.3 is 0 Å². The molecule has 36 heavy (non-hydrogen) atoms. The first kappa shape index (κ1) is 23.6. The van der Waals surface area contributed by atoms with Crippen molar-refractivity contribution in [2.75, 3.05) is 24.0 Å². The first-order valence-electron chi connectivity index (χ1n) is 10.8. The van der Waals surface area contributed by atoms with E-state index >= 15 is 0 Å². The topological polar surface area (TPSA) is 139 Å². The summed E-state index contributed by atoms with van der Waals surface area (Å²) in [5, 5.41) is 1.48. The molecule has 4 aromatic heterocycles. The van der Waals surface area contributed by atoms with Gasteiger partial charge < -0.3 is 11.5 Å². The van der Waals surface area contributed by atoms with Crippen molar-refractivity contribution in [1.29, 1.82) is 0 Å². The van der Waals surface area contributed by atoms with Crippen molar-refractivity contribution in [2.45, 2.75) is 10.3 Å². The molecular formula is C24H22N10S2. The Balaban J connectivity index is 0.000000148. The molecule has 0 aliphatic rings. The van der Waals surface area contributed by atoms with Crippen LogP contribution in [0, 0.1) is 0 Å². The fraction of sp³-hybridized carbons (Fsp3) is 0.0833. The maximum absolute atomic E-state index is 5.81. The second kappa shape index (κ2) is 10.2. The number of nitrogen functional groups attached to an aromatic ring is 2. The van der Waals surface area contributed by atoms with Crippen LogP contribution in [-0.4, -0.2) is 51.5 Å². The predicted octanol–water partition coefficient (Wildman–Crippen LogP) is 4.24. The van der Waals surface area contributed by atoms with Crippen molar-refractivity contribution in [1.82, 2.24) is 39.0 Å². The number of hydrogen-bond acceptors (Lipinski definition) is 10. The molecule has 0 amide bonds. The van der Waals surface area contributed by atoms with E-state index < -0.39 is 0 Å². The molecule has 0 atom stereocenters. The molecule has 180 valence electrons. The highest BCUT2D eigenvalue weighted by Gasteiger charge is 2.08. The maximum atomic E-state index is 5.81. The van der Waals surface area contributed by atoms with E-state index in [2.05, 4.69) is 29.9 Å². The summed E-state index contributed by atoms with van der Waals surface area (Å²) < 4.78 is 3.84. The molecule has 2 aromatic carbocycles. The zero-order chi connectivity index (χ0) is 25.1. The van der Waals surface area contributed by atoms with E-state index in [0.717, 1.165) is 44.0 Å². The Morgan fingerprint density at radius 2 is 1.17 bits per heavy atom. The van der Waals surface area contributed by atoms with E-state index in [0.29, 0.717) is 11.4 Å². The van der Waals surface area contributed by atoms with Gasteiger partial charge in [0.1, 0.15) is 24.3 Å². The first-order valence-corrected chi connectivity index (χ1v) is 13.2. The Morgan fingerprint density at radius 1 is 0.611 bits per heavy atom. The van der Waals surface area contributed by atoms with Gasteiger partial charge in [0, 0.05) is 23.8 Å². The third kappa shape index (κ3) is 4.81. The van der Waals surface area contributed by atoms with Crippen LogP contribution in [0.15, 0.2) is 83.9 Å². The van der Waals surface area contributed by atoms with Crippen molar-refractivity contribution in [3.05, 3.63) is 73.6 Å². The minimum absolute atomic E-state index is 0.709. The second-order valence-corrected chi connectivity index (χ2v) is 9.08. The molecule has 0 unspecified atom stereocenters. The van der Waals surface area contributed by atoms with E-state index in [1.165, 1.54) is 23.5 Å². The van der Waals surface area contributed by atoms with Crippen LogP contribution in [-0.2, 0) is 0 Å². The molecule has 12 heteroatoms. The van der Waals surface area contributed by atoms with Gasteiger partial charge in [0.25, 0.3) is 0 Å². The normalized spacial score (nSPS) is 10.9. The lowest BCUT2D eigenvalue weighted by Crippen LogP contribution is -1.98. The monoisotopic (exact) mass is 514 g/mol. The lowest BCUT2D eigenvalue weighted by atomic mass is 10.3. The summed E-state index contributed by atoms with van der Waals surface area (Å²) in [7, 11) is 0. The Labute approximate surface area is 215 Å². The zero-order valence-electron chi connectivity index (χ0n) is 19.5. The quantitative estimate of drug-likeness (QED) is 0.199. The number of imidazole rings is 2. The van der Waals surface area contributed by atoms with Crippen LogP contribution in [0.2, 0.25) is 0 Å². The molecule has 0 spiro atoms. The molecular weight excluding hydrogens is 492 g/mol. The molecule has 0 saturated carbocycles. The van der Waals surface area contributed by atoms with Crippen molar-refractivity contribution in [3.8, 4) is 11.6 Å². The summed E-state index contributed by atoms with van der Waals surface area (Å²) in [4.78, 5) is 25.9. The summed E-state index contributed by atoms with van der Waals surface area (Å²) in [6.45, 7) is 0. The third-order valence-corrected chi connectivity index (χ3v) is 6.36. The number of benzene rings is 2. The number of thioether (sulfide) groups is 2. The van der Waals surface area contributed by atoms with E-state index in [1.54, 1.807) is 25.0 Å². The van der Waals surface area contributed by atoms with Crippen molar-refractivity contribution < 1.29 is 0 Å². The zero-order valence-corrected chi connectivity index (χ0v) is 21.1. The molecule has 0 radical (unpaired) electrons. The van der Waals surface area contributed by atoms with Gasteiger partial charge in [-0.15, -0.1) is 0 Å². The van der Waals surface area contributed by atoms with Gasteiger partial charge in [-0.05, 0) is 61.0 Å². The van der Waals surface area contributed by atoms with Crippen molar-refractivity contribution >= 4 is 57.0 Å². The molecule has 4 heterocycles. The largest absolute Gasteiger partial charge is 0.399 e. The van der Waals surface area contributed by atoms with E-state index in [4.69, 9.17) is 11.5 Å². The summed E-state index contributed by atoms with van der Waals surface area (Å²) in [5.74, 6) is 1.60. The number of aromatic nitrogens is 8. The van der Waals surface area contributed by atoms with Gasteiger partial charge in [-0.25, -0.2) is 29.9 Å². The van der Waals surface area contributed by atoms with Crippen molar-refractivity contribution in [2.24, 2.45) is 0 Å². The molecule has 6 aromatic rings. The summed E-state index contributed by atoms with van der Waals surface area (Å²) in [5.41, 5.74) is 16.7. The Bertz CT molecular complexity index is 1660. The lowest BCUT2D eigenvalue weighted by Gasteiger charge is -2.04. The fourth-order valence-corrected chi connectivity index (χ4v) is 4.25. The van der Waals surface area contributed by atoms with Crippen LogP contribution in [0.4, 0.5) is 11.4 Å². The number of nitrogens with zero attached hydrogens (tertiary/aromatic N) is 8. The Morgan fingerprint density at radius 3 is 1.81 bits per heavy atom. The smallest absolute Gasteiger partial charge is 0.189 e. The Kier molecular flexibility index (Phi) is 6.69. The molecule has 10 nitrogen and oxygen atoms in total. The average molecular weight is 515 g/mol. The van der Waals surface area contributed by atoms with E-state index in [1.807, 2.05) is 70.2 Å². The lowest BCUT2D eigenvalue weighted by molar-refractivity contribution is 0.902. The number of anilines is 2.